The van der Waals surface area contributed by atoms with Crippen LogP contribution in [0.3, 0.4) is 0 Å². The number of carbonyl (C=O) groups excluding carboxylic acids is 1. The molecule has 1 unspecified atom stereocenters. The van der Waals surface area contributed by atoms with Gasteiger partial charge in [-0.3, -0.25) is 9.69 Å². The van der Waals surface area contributed by atoms with Gasteiger partial charge in [-0.15, -0.1) is 0 Å². The number of nitrogens with one attached hydrogen (secondary N) is 1. The number of methoxy groups -OCH3 is 1. The van der Waals surface area contributed by atoms with E-state index in [1.54, 1.807) is 14.0 Å². The summed E-state index contributed by atoms with van der Waals surface area (Å²) in [5.74, 6) is 0.959. The highest BCUT2D eigenvalue weighted by molar-refractivity contribution is 5.73. The van der Waals surface area contributed by atoms with E-state index in [2.05, 4.69) is 22.3 Å². The number of carbonyl (C=O) groups is 1. The fourth-order valence-corrected chi connectivity index (χ4v) is 2.63. The minimum atomic E-state index is 0.0632. The Kier molecular flexibility index (Phi) is 4.80. The highest BCUT2D eigenvalue weighted by Gasteiger charge is 2.20. The monoisotopic (exact) mass is 262 g/mol. The van der Waals surface area contributed by atoms with Gasteiger partial charge in [-0.05, 0) is 37.1 Å². The summed E-state index contributed by atoms with van der Waals surface area (Å²) in [6.07, 6.45) is 2.21. The minimum Gasteiger partial charge on any atom is -0.497 e. The van der Waals surface area contributed by atoms with Gasteiger partial charge in [0.1, 0.15) is 5.75 Å². The third kappa shape index (κ3) is 4.24. The Hall–Kier alpha value is -1.55. The molecule has 1 aromatic carbocycles. The molecule has 1 heterocycles. The van der Waals surface area contributed by atoms with E-state index in [9.17, 15) is 4.79 Å². The number of ether oxygens (including phenoxy) is 1. The SMILES string of the molecule is COc1cccc(CN2CCCC(NC(C)=O)C2)c1. The molecular weight excluding hydrogens is 240 g/mol. The Morgan fingerprint density at radius 3 is 3.11 bits per heavy atom. The lowest BCUT2D eigenvalue weighted by molar-refractivity contribution is -0.120. The minimum absolute atomic E-state index is 0.0632. The van der Waals surface area contributed by atoms with E-state index in [4.69, 9.17) is 4.74 Å². The van der Waals surface area contributed by atoms with Crippen molar-refractivity contribution in [1.82, 2.24) is 10.2 Å². The quantitative estimate of drug-likeness (QED) is 0.899. The number of benzene rings is 1. The average molecular weight is 262 g/mol. The van der Waals surface area contributed by atoms with Gasteiger partial charge in [0.05, 0.1) is 7.11 Å². The highest BCUT2D eigenvalue weighted by atomic mass is 16.5. The molecule has 0 saturated carbocycles. The van der Waals surface area contributed by atoms with Crippen molar-refractivity contribution in [3.05, 3.63) is 29.8 Å². The van der Waals surface area contributed by atoms with Crippen LogP contribution in [0.25, 0.3) is 0 Å². The van der Waals surface area contributed by atoms with Crippen molar-refractivity contribution in [1.29, 1.82) is 0 Å². The molecule has 0 aliphatic carbocycles. The number of likely N-dealkylation sites (tertiary alicyclic amines) is 1. The van der Waals surface area contributed by atoms with Gasteiger partial charge in [0, 0.05) is 26.1 Å². The van der Waals surface area contributed by atoms with Crippen LogP contribution >= 0.6 is 0 Å². The summed E-state index contributed by atoms with van der Waals surface area (Å²) in [7, 11) is 1.69. The third-order valence-electron chi connectivity index (χ3n) is 3.45. The largest absolute Gasteiger partial charge is 0.497 e. The van der Waals surface area contributed by atoms with Crippen molar-refractivity contribution in [3.8, 4) is 5.75 Å². The lowest BCUT2D eigenvalue weighted by Crippen LogP contribution is -2.46. The van der Waals surface area contributed by atoms with Crippen molar-refractivity contribution in [2.45, 2.75) is 32.4 Å². The van der Waals surface area contributed by atoms with E-state index < -0.39 is 0 Å². The summed E-state index contributed by atoms with van der Waals surface area (Å²) in [5, 5.41) is 3.01. The first-order chi connectivity index (χ1) is 9.17. The highest BCUT2D eigenvalue weighted by Crippen LogP contribution is 2.17. The molecule has 1 aromatic rings. The van der Waals surface area contributed by atoms with Gasteiger partial charge in [-0.1, -0.05) is 12.1 Å². The summed E-state index contributed by atoms with van der Waals surface area (Å²) in [6, 6.07) is 8.45. The number of rotatable bonds is 4. The first kappa shape index (κ1) is 13.9. The van der Waals surface area contributed by atoms with Crippen LogP contribution in [0, 0.1) is 0 Å². The van der Waals surface area contributed by atoms with Gasteiger partial charge in [0.25, 0.3) is 0 Å². The molecule has 1 aliphatic rings. The third-order valence-corrected chi connectivity index (χ3v) is 3.45. The molecule has 0 bridgehead atoms. The standard InChI is InChI=1S/C15H22N2O2/c1-12(18)16-14-6-4-8-17(11-14)10-13-5-3-7-15(9-13)19-2/h3,5,7,9,14H,4,6,8,10-11H2,1-2H3,(H,16,18). The molecule has 1 fully saturated rings. The topological polar surface area (TPSA) is 41.6 Å². The molecule has 4 nitrogen and oxygen atoms in total. The number of hydrogen-bond acceptors (Lipinski definition) is 3. The van der Waals surface area contributed by atoms with Gasteiger partial charge < -0.3 is 10.1 Å². The number of piperidine rings is 1. The van der Waals surface area contributed by atoms with E-state index in [1.807, 2.05) is 12.1 Å². The average Bonchev–Trinajstić information content (AvgIpc) is 2.38. The van der Waals surface area contributed by atoms with Gasteiger partial charge in [-0.2, -0.15) is 0 Å². The molecule has 1 aliphatic heterocycles. The molecule has 1 saturated heterocycles. The van der Waals surface area contributed by atoms with Crippen molar-refractivity contribution < 1.29 is 9.53 Å². The Labute approximate surface area is 114 Å². The van der Waals surface area contributed by atoms with Gasteiger partial charge in [0.15, 0.2) is 0 Å². The molecule has 19 heavy (non-hydrogen) atoms. The molecule has 1 N–H and O–H groups in total. The zero-order chi connectivity index (χ0) is 13.7. The second-order valence-electron chi connectivity index (χ2n) is 5.13. The van der Waals surface area contributed by atoms with Crippen molar-refractivity contribution in [2.24, 2.45) is 0 Å². The maximum atomic E-state index is 11.1. The lowest BCUT2D eigenvalue weighted by Gasteiger charge is -2.33. The normalized spacial score (nSPS) is 20.0. The number of hydrogen-bond donors (Lipinski definition) is 1. The lowest BCUT2D eigenvalue weighted by atomic mass is 10.0. The Bertz CT molecular complexity index is 434. The Morgan fingerprint density at radius 2 is 2.37 bits per heavy atom. The van der Waals surface area contributed by atoms with Crippen LogP contribution in [-0.4, -0.2) is 37.0 Å². The summed E-state index contributed by atoms with van der Waals surface area (Å²) < 4.78 is 5.24. The van der Waals surface area contributed by atoms with Crippen molar-refractivity contribution >= 4 is 5.91 Å². The van der Waals surface area contributed by atoms with E-state index in [0.29, 0.717) is 0 Å². The molecule has 104 valence electrons. The molecular formula is C15H22N2O2. The predicted molar refractivity (Wildman–Crippen MR) is 75.1 cm³/mol. The predicted octanol–water partition coefficient (Wildman–Crippen LogP) is 1.80. The molecule has 0 aromatic heterocycles. The van der Waals surface area contributed by atoms with Crippen LogP contribution in [0.5, 0.6) is 5.75 Å². The first-order valence-corrected chi connectivity index (χ1v) is 6.80. The van der Waals surface area contributed by atoms with E-state index in [-0.39, 0.29) is 11.9 Å². The smallest absolute Gasteiger partial charge is 0.217 e. The van der Waals surface area contributed by atoms with Crippen LogP contribution < -0.4 is 10.1 Å². The molecule has 4 heteroatoms. The van der Waals surface area contributed by atoms with Crippen LogP contribution in [-0.2, 0) is 11.3 Å². The molecule has 1 amide bonds. The van der Waals surface area contributed by atoms with Gasteiger partial charge in [0.2, 0.25) is 5.91 Å². The van der Waals surface area contributed by atoms with E-state index in [0.717, 1.165) is 38.2 Å². The molecule has 2 rings (SSSR count). The molecule has 0 spiro atoms. The van der Waals surface area contributed by atoms with Gasteiger partial charge >= 0.3 is 0 Å². The van der Waals surface area contributed by atoms with Crippen molar-refractivity contribution in [3.63, 3.8) is 0 Å². The van der Waals surface area contributed by atoms with E-state index >= 15 is 0 Å². The van der Waals surface area contributed by atoms with Gasteiger partial charge in [-0.25, -0.2) is 0 Å². The summed E-state index contributed by atoms with van der Waals surface area (Å²) in [4.78, 5) is 13.5. The zero-order valence-corrected chi connectivity index (χ0v) is 11.7. The molecule has 1 atom stereocenters. The summed E-state index contributed by atoms with van der Waals surface area (Å²) in [5.41, 5.74) is 1.25. The fourth-order valence-electron chi connectivity index (χ4n) is 2.63. The van der Waals surface area contributed by atoms with Crippen LogP contribution in [0.15, 0.2) is 24.3 Å². The van der Waals surface area contributed by atoms with Crippen LogP contribution in [0.1, 0.15) is 25.3 Å². The van der Waals surface area contributed by atoms with Crippen LogP contribution in [0.2, 0.25) is 0 Å². The second kappa shape index (κ2) is 6.57. The van der Waals surface area contributed by atoms with E-state index in [1.165, 1.54) is 5.56 Å². The number of nitrogens with zero attached hydrogens (tertiary/aromatic N) is 1. The Balaban J connectivity index is 1.92. The fraction of sp³-hybridized carbons (Fsp3) is 0.533. The molecule has 0 radical (unpaired) electrons. The van der Waals surface area contributed by atoms with Crippen molar-refractivity contribution in [2.75, 3.05) is 20.2 Å². The first-order valence-electron chi connectivity index (χ1n) is 6.80. The summed E-state index contributed by atoms with van der Waals surface area (Å²) >= 11 is 0. The maximum Gasteiger partial charge on any atom is 0.217 e. The Morgan fingerprint density at radius 1 is 1.53 bits per heavy atom. The second-order valence-corrected chi connectivity index (χ2v) is 5.13. The van der Waals surface area contributed by atoms with Crippen LogP contribution in [0.4, 0.5) is 0 Å². The maximum absolute atomic E-state index is 11.1. The number of amides is 1. The zero-order valence-electron chi connectivity index (χ0n) is 11.7. The summed E-state index contributed by atoms with van der Waals surface area (Å²) in [6.45, 7) is 4.51.